The summed E-state index contributed by atoms with van der Waals surface area (Å²) in [7, 11) is -3.63. The molecule has 0 unspecified atom stereocenters. The Balaban J connectivity index is 1.75. The minimum absolute atomic E-state index is 0.154. The summed E-state index contributed by atoms with van der Waals surface area (Å²) in [5.74, 6) is -0.204. The summed E-state index contributed by atoms with van der Waals surface area (Å²) < 4.78 is 27.6. The average Bonchev–Trinajstić information content (AvgIpc) is 2.87. The van der Waals surface area contributed by atoms with E-state index in [-0.39, 0.29) is 17.3 Å². The molecule has 2 aromatic carbocycles. The maximum absolute atomic E-state index is 12.5. The topological polar surface area (TPSA) is 91.1 Å². The van der Waals surface area contributed by atoms with Crippen LogP contribution in [0.2, 0.25) is 0 Å². The second-order valence-corrected chi connectivity index (χ2v) is 8.05. The van der Waals surface area contributed by atoms with Gasteiger partial charge in [0.2, 0.25) is 15.9 Å². The van der Waals surface area contributed by atoms with Gasteiger partial charge >= 0.3 is 0 Å². The van der Waals surface area contributed by atoms with Crippen molar-refractivity contribution >= 4 is 32.5 Å². The fourth-order valence-electron chi connectivity index (χ4n) is 2.80. The summed E-state index contributed by atoms with van der Waals surface area (Å²) in [5, 5.41) is 3.70. The molecule has 1 heterocycles. The Kier molecular flexibility index (Phi) is 4.84. The van der Waals surface area contributed by atoms with Crippen LogP contribution in [0.3, 0.4) is 0 Å². The van der Waals surface area contributed by atoms with Gasteiger partial charge < -0.3 is 10.3 Å². The molecule has 0 aliphatic carbocycles. The Morgan fingerprint density at radius 3 is 2.42 bits per heavy atom. The number of hydrogen-bond donors (Lipinski definition) is 3. The van der Waals surface area contributed by atoms with Gasteiger partial charge in [0.05, 0.1) is 4.90 Å². The molecule has 0 fully saturated rings. The predicted molar refractivity (Wildman–Crippen MR) is 103 cm³/mol. The van der Waals surface area contributed by atoms with Crippen LogP contribution in [0.15, 0.2) is 47.4 Å². The van der Waals surface area contributed by atoms with Crippen LogP contribution >= 0.6 is 0 Å². The van der Waals surface area contributed by atoms with Gasteiger partial charge in [0, 0.05) is 35.8 Å². The van der Waals surface area contributed by atoms with Gasteiger partial charge in [-0.25, -0.2) is 13.1 Å². The number of nitrogens with one attached hydrogen (secondary N) is 3. The number of hydrogen-bond acceptors (Lipinski definition) is 3. The third kappa shape index (κ3) is 3.79. The minimum Gasteiger partial charge on any atom is -0.358 e. The van der Waals surface area contributed by atoms with Crippen LogP contribution in [-0.4, -0.2) is 19.3 Å². The first-order chi connectivity index (χ1) is 12.3. The molecule has 3 rings (SSSR count). The lowest BCUT2D eigenvalue weighted by Gasteiger charge is -2.08. The standard InChI is InChI=1S/C19H21N3O3S/c1-12-13(2)21-19-9-4-15(10-18(12)19)11-20-26(24,25)17-7-5-16(6-8-17)22-14(3)23/h4-10,20-21H,11H2,1-3H3,(H,22,23). The SMILES string of the molecule is CC(=O)Nc1ccc(S(=O)(=O)NCc2ccc3[nH]c(C)c(C)c3c2)cc1. The molecule has 0 saturated carbocycles. The number of rotatable bonds is 5. The highest BCUT2D eigenvalue weighted by Gasteiger charge is 2.14. The normalized spacial score (nSPS) is 11.7. The number of aryl methyl sites for hydroxylation is 2. The molecule has 0 aliphatic rings. The van der Waals surface area contributed by atoms with E-state index in [1.54, 1.807) is 12.1 Å². The van der Waals surface area contributed by atoms with E-state index in [4.69, 9.17) is 0 Å². The molecule has 1 aromatic heterocycles. The van der Waals surface area contributed by atoms with Gasteiger partial charge in [-0.3, -0.25) is 4.79 Å². The molecule has 0 saturated heterocycles. The number of anilines is 1. The second kappa shape index (κ2) is 6.93. The van der Waals surface area contributed by atoms with E-state index in [0.717, 1.165) is 22.2 Å². The number of fused-ring (bicyclic) bond motifs is 1. The van der Waals surface area contributed by atoms with Gasteiger partial charge in [-0.2, -0.15) is 0 Å². The molecule has 3 aromatic rings. The fourth-order valence-corrected chi connectivity index (χ4v) is 3.82. The molecule has 0 atom stereocenters. The van der Waals surface area contributed by atoms with Crippen LogP contribution in [0.1, 0.15) is 23.7 Å². The Morgan fingerprint density at radius 2 is 1.77 bits per heavy atom. The van der Waals surface area contributed by atoms with Crippen molar-refractivity contribution in [3.63, 3.8) is 0 Å². The lowest BCUT2D eigenvalue weighted by atomic mass is 10.1. The first kappa shape index (κ1) is 18.2. The monoisotopic (exact) mass is 371 g/mol. The van der Waals surface area contributed by atoms with E-state index >= 15 is 0 Å². The van der Waals surface area contributed by atoms with E-state index in [1.807, 2.05) is 32.0 Å². The highest BCUT2D eigenvalue weighted by atomic mass is 32.2. The molecule has 0 radical (unpaired) electrons. The van der Waals surface area contributed by atoms with Crippen LogP contribution in [0.4, 0.5) is 5.69 Å². The molecular formula is C19H21N3O3S. The van der Waals surface area contributed by atoms with Crippen LogP contribution < -0.4 is 10.0 Å². The van der Waals surface area contributed by atoms with Gasteiger partial charge in [-0.15, -0.1) is 0 Å². The van der Waals surface area contributed by atoms with Crippen molar-refractivity contribution < 1.29 is 13.2 Å². The Bertz CT molecular complexity index is 1070. The minimum atomic E-state index is -3.63. The summed E-state index contributed by atoms with van der Waals surface area (Å²) >= 11 is 0. The van der Waals surface area contributed by atoms with E-state index in [0.29, 0.717) is 5.69 Å². The van der Waals surface area contributed by atoms with E-state index in [2.05, 4.69) is 15.0 Å². The van der Waals surface area contributed by atoms with Crippen molar-refractivity contribution in [2.75, 3.05) is 5.32 Å². The first-order valence-electron chi connectivity index (χ1n) is 8.21. The summed E-state index contributed by atoms with van der Waals surface area (Å²) in [6.45, 7) is 5.66. The molecule has 136 valence electrons. The molecule has 7 heteroatoms. The van der Waals surface area contributed by atoms with Gasteiger partial charge in [0.25, 0.3) is 0 Å². The number of H-pyrrole nitrogens is 1. The summed E-state index contributed by atoms with van der Waals surface area (Å²) in [6.07, 6.45) is 0. The van der Waals surface area contributed by atoms with Gasteiger partial charge in [-0.1, -0.05) is 6.07 Å². The number of aromatic amines is 1. The van der Waals surface area contributed by atoms with Crippen molar-refractivity contribution in [3.8, 4) is 0 Å². The summed E-state index contributed by atoms with van der Waals surface area (Å²) in [6, 6.07) is 11.9. The molecule has 26 heavy (non-hydrogen) atoms. The lowest BCUT2D eigenvalue weighted by molar-refractivity contribution is -0.114. The largest absolute Gasteiger partial charge is 0.358 e. The highest BCUT2D eigenvalue weighted by Crippen LogP contribution is 2.22. The third-order valence-corrected chi connectivity index (χ3v) is 5.74. The molecule has 3 N–H and O–H groups in total. The highest BCUT2D eigenvalue weighted by molar-refractivity contribution is 7.89. The Morgan fingerprint density at radius 1 is 1.08 bits per heavy atom. The second-order valence-electron chi connectivity index (χ2n) is 6.29. The Labute approximate surface area is 152 Å². The molecule has 0 spiro atoms. The zero-order valence-corrected chi connectivity index (χ0v) is 15.7. The van der Waals surface area contributed by atoms with Gasteiger partial charge in [0.1, 0.15) is 0 Å². The van der Waals surface area contributed by atoms with Crippen molar-refractivity contribution in [3.05, 3.63) is 59.3 Å². The maximum Gasteiger partial charge on any atom is 0.240 e. The number of carbonyl (C=O) groups is 1. The van der Waals surface area contributed by atoms with Crippen molar-refractivity contribution in [1.82, 2.24) is 9.71 Å². The number of benzene rings is 2. The maximum atomic E-state index is 12.5. The van der Waals surface area contributed by atoms with Gasteiger partial charge in [-0.05, 0) is 61.4 Å². The van der Waals surface area contributed by atoms with E-state index < -0.39 is 10.0 Å². The first-order valence-corrected chi connectivity index (χ1v) is 9.70. The van der Waals surface area contributed by atoms with Crippen LogP contribution in [-0.2, 0) is 21.4 Å². The lowest BCUT2D eigenvalue weighted by Crippen LogP contribution is -2.23. The number of amides is 1. The predicted octanol–water partition coefficient (Wildman–Crippen LogP) is 3.22. The quantitative estimate of drug-likeness (QED) is 0.643. The van der Waals surface area contributed by atoms with E-state index in [9.17, 15) is 13.2 Å². The van der Waals surface area contributed by atoms with Crippen LogP contribution in [0.5, 0.6) is 0 Å². The van der Waals surface area contributed by atoms with E-state index in [1.165, 1.54) is 24.6 Å². The Hall–Kier alpha value is -2.64. The number of sulfonamides is 1. The smallest absolute Gasteiger partial charge is 0.240 e. The third-order valence-electron chi connectivity index (χ3n) is 4.32. The van der Waals surface area contributed by atoms with Gasteiger partial charge in [0.15, 0.2) is 0 Å². The number of carbonyl (C=O) groups excluding carboxylic acids is 1. The average molecular weight is 371 g/mol. The van der Waals surface area contributed by atoms with Crippen molar-refractivity contribution in [2.45, 2.75) is 32.2 Å². The zero-order valence-electron chi connectivity index (χ0n) is 14.9. The molecular weight excluding hydrogens is 350 g/mol. The molecule has 0 aliphatic heterocycles. The zero-order chi connectivity index (χ0) is 18.9. The number of aromatic nitrogens is 1. The van der Waals surface area contributed by atoms with Crippen LogP contribution in [0.25, 0.3) is 10.9 Å². The molecule has 0 bridgehead atoms. The van der Waals surface area contributed by atoms with Crippen molar-refractivity contribution in [1.29, 1.82) is 0 Å². The summed E-state index contributed by atoms with van der Waals surface area (Å²) in [4.78, 5) is 14.5. The summed E-state index contributed by atoms with van der Waals surface area (Å²) in [5.41, 5.74) is 4.76. The van der Waals surface area contributed by atoms with Crippen molar-refractivity contribution in [2.24, 2.45) is 0 Å². The van der Waals surface area contributed by atoms with Crippen LogP contribution in [0, 0.1) is 13.8 Å². The molecule has 6 nitrogen and oxygen atoms in total. The molecule has 1 amide bonds. The fraction of sp³-hybridized carbons (Fsp3) is 0.211.